The van der Waals surface area contributed by atoms with Gasteiger partial charge in [0.1, 0.15) is 0 Å². The molecule has 1 amide bonds. The minimum absolute atomic E-state index is 0. The van der Waals surface area contributed by atoms with Crippen LogP contribution in [0.15, 0.2) is 0 Å². The third-order valence-electron chi connectivity index (χ3n) is 9.26. The Balaban J connectivity index is -0.000000443. The molecule has 0 aliphatic heterocycles. The summed E-state index contributed by atoms with van der Waals surface area (Å²) in [4.78, 5) is 43.5. The number of hydrogen-bond acceptors (Lipinski definition) is 6. The molecule has 0 spiro atoms. The molecular weight excluding hydrogens is 664 g/mol. The number of nitrogens with one attached hydrogen (secondary N) is 1. The number of carbonyl (C=O) groups is 4. The van der Waals surface area contributed by atoms with E-state index in [4.69, 9.17) is 5.11 Å². The van der Waals surface area contributed by atoms with Crippen LogP contribution >= 0.6 is 0 Å². The fourth-order valence-corrected chi connectivity index (χ4v) is 6.08. The van der Waals surface area contributed by atoms with Crippen molar-refractivity contribution in [2.75, 3.05) is 0 Å². The molecule has 0 aromatic rings. The average molecular weight is 742 g/mol. The van der Waals surface area contributed by atoms with Crippen molar-refractivity contribution in [1.82, 2.24) is 5.32 Å². The van der Waals surface area contributed by atoms with E-state index in [-0.39, 0.29) is 90.7 Å². The van der Waals surface area contributed by atoms with Gasteiger partial charge in [0.05, 0.1) is 12.0 Å². The van der Waals surface area contributed by atoms with Gasteiger partial charge in [-0.25, -0.2) is 0 Å². The van der Waals surface area contributed by atoms with Crippen LogP contribution in [0.3, 0.4) is 0 Å². The second-order valence-corrected chi connectivity index (χ2v) is 14.1. The molecule has 0 radical (unpaired) electrons. The number of carboxylic acids is 3. The Morgan fingerprint density at radius 1 is 0.451 bits per heavy atom. The molecule has 10 heteroatoms. The molecule has 0 aliphatic rings. The van der Waals surface area contributed by atoms with Gasteiger partial charge in [-0.15, -0.1) is 0 Å². The van der Waals surface area contributed by atoms with Gasteiger partial charge < -0.3 is 30.2 Å². The van der Waals surface area contributed by atoms with Crippen LogP contribution in [-0.4, -0.2) is 35.0 Å². The molecule has 0 aliphatic carbocycles. The molecule has 0 saturated heterocycles. The normalized spacial score (nSPS) is 11.0. The van der Waals surface area contributed by atoms with Crippen LogP contribution in [0.4, 0.5) is 0 Å². The number of aliphatic carboxylic acids is 3. The maximum absolute atomic E-state index is 11.8. The molecule has 0 heterocycles. The first-order valence-corrected chi connectivity index (χ1v) is 20.7. The van der Waals surface area contributed by atoms with E-state index in [1.165, 1.54) is 161 Å². The van der Waals surface area contributed by atoms with E-state index in [0.717, 1.165) is 32.1 Å². The fraction of sp³-hybridized carbons (Fsp3) is 0.902. The smallest absolute Gasteiger partial charge is 0.550 e. The molecule has 8 nitrogen and oxygen atoms in total. The predicted molar refractivity (Wildman–Crippen MR) is 198 cm³/mol. The fourth-order valence-electron chi connectivity index (χ4n) is 6.08. The van der Waals surface area contributed by atoms with Gasteiger partial charge in [0.15, 0.2) is 0 Å². The zero-order valence-corrected chi connectivity index (χ0v) is 38.0. The van der Waals surface area contributed by atoms with Crippen molar-refractivity contribution in [3.63, 3.8) is 0 Å². The minimum Gasteiger partial charge on any atom is -0.550 e. The van der Waals surface area contributed by atoms with Crippen molar-refractivity contribution >= 4 is 23.8 Å². The molecule has 0 aromatic carbocycles. The Kier molecular flexibility index (Phi) is 54.1. The van der Waals surface area contributed by atoms with E-state index in [1.54, 1.807) is 0 Å². The van der Waals surface area contributed by atoms with E-state index < -0.39 is 23.9 Å². The SMILES string of the molecule is CCCCCCCCCCCCCCCCCC(=O)N[C@@H](CCC(=O)O)C(=O)[O-].CCCCCCCCCCCCCCCCCC(=O)[O-].[Na+].[Na+]. The summed E-state index contributed by atoms with van der Waals surface area (Å²) in [5, 5.41) is 32.1. The van der Waals surface area contributed by atoms with Crippen LogP contribution in [-0.2, 0) is 19.2 Å². The first kappa shape index (κ1) is 57.6. The maximum Gasteiger partial charge on any atom is 1.00 e. The number of amides is 1. The van der Waals surface area contributed by atoms with Gasteiger partial charge in [-0.2, -0.15) is 0 Å². The van der Waals surface area contributed by atoms with Gasteiger partial charge in [-0.1, -0.05) is 194 Å². The average Bonchev–Trinajstić information content (AvgIpc) is 3.06. The van der Waals surface area contributed by atoms with E-state index in [2.05, 4.69) is 19.2 Å². The van der Waals surface area contributed by atoms with Crippen molar-refractivity contribution in [2.45, 2.75) is 238 Å². The van der Waals surface area contributed by atoms with E-state index >= 15 is 0 Å². The number of unbranched alkanes of at least 4 members (excludes halogenated alkanes) is 28. The molecule has 290 valence electrons. The maximum atomic E-state index is 11.8. The molecule has 1 atom stereocenters. The van der Waals surface area contributed by atoms with Crippen LogP contribution in [0.2, 0.25) is 0 Å². The second-order valence-electron chi connectivity index (χ2n) is 14.1. The summed E-state index contributed by atoms with van der Waals surface area (Å²) in [6.45, 7) is 4.52. The molecule has 0 saturated carbocycles. The minimum atomic E-state index is -1.43. The molecule has 0 unspecified atom stereocenters. The van der Waals surface area contributed by atoms with Gasteiger partial charge >= 0.3 is 65.1 Å². The summed E-state index contributed by atoms with van der Waals surface area (Å²) in [6, 6.07) is -1.23. The van der Waals surface area contributed by atoms with Crippen molar-refractivity contribution in [3.8, 4) is 0 Å². The molecule has 0 rings (SSSR count). The largest absolute Gasteiger partial charge is 1.00 e. The number of carboxylic acid groups (broad SMARTS) is 3. The van der Waals surface area contributed by atoms with E-state index in [0.29, 0.717) is 0 Å². The summed E-state index contributed by atoms with van der Waals surface area (Å²) in [6.07, 6.45) is 38.4. The van der Waals surface area contributed by atoms with Gasteiger partial charge in [0, 0.05) is 18.8 Å². The number of carbonyl (C=O) groups excluding carboxylic acids is 3. The van der Waals surface area contributed by atoms with Gasteiger partial charge in [0.2, 0.25) is 5.91 Å². The van der Waals surface area contributed by atoms with Gasteiger partial charge in [-0.3, -0.25) is 9.59 Å². The standard InChI is InChI=1S/C23H43NO5.C18H36O2.2Na/c1-2-3-4-5-6-7-8-9-10-11-12-13-14-15-16-17-21(25)24-20(23(28)29)18-19-22(26)27;1-2-3-4-5-6-7-8-9-10-11-12-13-14-15-16-17-18(19)20;;/h20H,2-19H2,1H3,(H,24,25)(H,26,27)(H,28,29);2-17H2,1H3,(H,19,20);;/q;;2*+1/p-2/t20-;;;/m0.../s1. The molecule has 51 heavy (non-hydrogen) atoms. The topological polar surface area (TPSA) is 147 Å². The first-order valence-electron chi connectivity index (χ1n) is 20.7. The predicted octanol–water partition coefficient (Wildman–Crippen LogP) is 3.35. The van der Waals surface area contributed by atoms with Crippen molar-refractivity contribution in [3.05, 3.63) is 0 Å². The molecule has 2 N–H and O–H groups in total. The number of hydrogen-bond donors (Lipinski definition) is 2. The Hall–Kier alpha value is -0.120. The first-order chi connectivity index (χ1) is 23.7. The van der Waals surface area contributed by atoms with Crippen molar-refractivity contribution < 1.29 is 93.6 Å². The summed E-state index contributed by atoms with van der Waals surface area (Å²) >= 11 is 0. The Morgan fingerprint density at radius 2 is 0.725 bits per heavy atom. The van der Waals surface area contributed by atoms with Gasteiger partial charge in [0.25, 0.3) is 0 Å². The molecule has 0 fully saturated rings. The Morgan fingerprint density at radius 3 is 0.980 bits per heavy atom. The Bertz CT molecular complexity index is 770. The van der Waals surface area contributed by atoms with Crippen LogP contribution in [0.1, 0.15) is 232 Å². The summed E-state index contributed by atoms with van der Waals surface area (Å²) < 4.78 is 0. The van der Waals surface area contributed by atoms with E-state index in [9.17, 15) is 29.4 Å². The number of rotatable bonds is 37. The summed E-state index contributed by atoms with van der Waals surface area (Å²) in [5.41, 5.74) is 0. The van der Waals surface area contributed by atoms with Crippen LogP contribution in [0.5, 0.6) is 0 Å². The van der Waals surface area contributed by atoms with Crippen molar-refractivity contribution in [1.29, 1.82) is 0 Å². The third-order valence-corrected chi connectivity index (χ3v) is 9.26. The second kappa shape index (κ2) is 47.9. The summed E-state index contributed by atoms with van der Waals surface area (Å²) in [7, 11) is 0. The zero-order valence-electron chi connectivity index (χ0n) is 34.0. The zero-order chi connectivity index (χ0) is 36.6. The quantitative estimate of drug-likeness (QED) is 0.0734. The van der Waals surface area contributed by atoms with Crippen LogP contribution in [0.25, 0.3) is 0 Å². The summed E-state index contributed by atoms with van der Waals surface area (Å²) in [5.74, 6) is -3.78. The monoisotopic (exact) mass is 742 g/mol. The molecule has 0 aromatic heterocycles. The molecular formula is C41H77NNa2O7. The van der Waals surface area contributed by atoms with E-state index in [1.807, 2.05) is 0 Å². The van der Waals surface area contributed by atoms with Crippen LogP contribution in [0, 0.1) is 0 Å². The van der Waals surface area contributed by atoms with Crippen molar-refractivity contribution in [2.24, 2.45) is 0 Å². The van der Waals surface area contributed by atoms with Crippen LogP contribution < -0.4 is 74.6 Å². The molecule has 0 bridgehead atoms. The Labute approximate surface area is 358 Å². The van der Waals surface area contributed by atoms with Gasteiger partial charge in [-0.05, 0) is 25.7 Å². The third kappa shape index (κ3) is 52.0.